The first kappa shape index (κ1) is 11.9. The van der Waals surface area contributed by atoms with Crippen LogP contribution in [0.4, 0.5) is 0 Å². The Balaban J connectivity index is 0.00000112. The van der Waals surface area contributed by atoms with Crippen molar-refractivity contribution in [3.63, 3.8) is 0 Å². The maximum atomic E-state index is 11.4. The van der Waals surface area contributed by atoms with E-state index in [1.165, 1.54) is 0 Å². The van der Waals surface area contributed by atoms with Crippen LogP contribution in [0.5, 0.6) is 0 Å². The van der Waals surface area contributed by atoms with Crippen LogP contribution in [0.2, 0.25) is 0 Å². The Morgan fingerprint density at radius 3 is 2.73 bits per heavy atom. The molecule has 0 saturated heterocycles. The summed E-state index contributed by atoms with van der Waals surface area (Å²) in [6.45, 7) is 2.10. The predicted molar refractivity (Wildman–Crippen MR) is 54.3 cm³/mol. The minimum atomic E-state index is -0.634. The van der Waals surface area contributed by atoms with E-state index >= 15 is 0 Å². The minimum absolute atomic E-state index is 0. The van der Waals surface area contributed by atoms with Crippen molar-refractivity contribution in [1.29, 1.82) is 0 Å². The summed E-state index contributed by atoms with van der Waals surface area (Å²) in [6.07, 6.45) is 1.52. The van der Waals surface area contributed by atoms with Crippen molar-refractivity contribution in [2.45, 2.75) is 31.8 Å². The number of rotatable bonds is 3. The van der Waals surface area contributed by atoms with Crippen LogP contribution in [0.15, 0.2) is 4.63 Å². The van der Waals surface area contributed by atoms with Crippen LogP contribution in [0.1, 0.15) is 24.2 Å². The average molecular weight is 233 g/mol. The third-order valence-electron chi connectivity index (χ3n) is 2.40. The molecule has 1 amide bonds. The number of aryl methyl sites for hydroxylation is 1. The lowest BCUT2D eigenvalue weighted by Crippen LogP contribution is -2.42. The van der Waals surface area contributed by atoms with Crippen LogP contribution < -0.4 is 11.1 Å². The topological polar surface area (TPSA) is 94.0 Å². The summed E-state index contributed by atoms with van der Waals surface area (Å²) < 4.78 is 4.50. The van der Waals surface area contributed by atoms with Crippen molar-refractivity contribution in [3.8, 4) is 0 Å². The molecule has 1 heterocycles. The van der Waals surface area contributed by atoms with Crippen LogP contribution >= 0.6 is 12.4 Å². The number of nitrogens with one attached hydrogen (secondary N) is 1. The molecule has 0 atom stereocenters. The van der Waals surface area contributed by atoms with E-state index in [2.05, 4.69) is 20.3 Å². The van der Waals surface area contributed by atoms with E-state index in [1.807, 2.05) is 0 Å². The van der Waals surface area contributed by atoms with E-state index in [0.29, 0.717) is 17.9 Å². The Morgan fingerprint density at radius 2 is 2.27 bits per heavy atom. The Morgan fingerprint density at radius 1 is 1.60 bits per heavy atom. The molecule has 1 aromatic heterocycles. The van der Waals surface area contributed by atoms with Gasteiger partial charge < -0.3 is 11.1 Å². The predicted octanol–water partition coefficient (Wildman–Crippen LogP) is -0.0927. The van der Waals surface area contributed by atoms with Crippen molar-refractivity contribution < 1.29 is 9.42 Å². The van der Waals surface area contributed by atoms with Gasteiger partial charge in [-0.1, -0.05) is 10.3 Å². The quantitative estimate of drug-likeness (QED) is 0.760. The molecule has 0 bridgehead atoms. The molecule has 0 radical (unpaired) electrons. The molecule has 0 unspecified atom stereocenters. The van der Waals surface area contributed by atoms with Crippen molar-refractivity contribution in [2.75, 3.05) is 0 Å². The van der Waals surface area contributed by atoms with Crippen molar-refractivity contribution in [1.82, 2.24) is 15.6 Å². The maximum Gasteiger partial charge on any atom is 0.240 e. The van der Waals surface area contributed by atoms with Gasteiger partial charge in [0.25, 0.3) is 0 Å². The van der Waals surface area contributed by atoms with E-state index in [0.717, 1.165) is 12.8 Å². The molecular formula is C8H13ClN4O2. The maximum absolute atomic E-state index is 11.4. The fraction of sp³-hybridized carbons (Fsp3) is 0.625. The average Bonchev–Trinajstić information content (AvgIpc) is 2.77. The van der Waals surface area contributed by atoms with E-state index in [4.69, 9.17) is 5.73 Å². The van der Waals surface area contributed by atoms with Gasteiger partial charge in [-0.25, -0.2) is 4.63 Å². The van der Waals surface area contributed by atoms with Crippen LogP contribution in [-0.4, -0.2) is 21.8 Å². The molecule has 1 fully saturated rings. The molecule has 0 spiro atoms. The van der Waals surface area contributed by atoms with Gasteiger partial charge in [0, 0.05) is 0 Å². The molecule has 1 saturated carbocycles. The first-order valence-electron chi connectivity index (χ1n) is 4.47. The molecule has 2 rings (SSSR count). The minimum Gasteiger partial charge on any atom is -0.349 e. The van der Waals surface area contributed by atoms with E-state index < -0.39 is 5.54 Å². The molecule has 1 aliphatic carbocycles. The van der Waals surface area contributed by atoms with Crippen molar-refractivity contribution in [2.24, 2.45) is 5.73 Å². The van der Waals surface area contributed by atoms with Crippen LogP contribution in [0.3, 0.4) is 0 Å². The standard InChI is InChI=1S/C8H12N4O2.ClH/c1-5-6(12-14-11-5)4-10-7(13)8(9)2-3-8;/h2-4,9H2,1H3,(H,10,13);1H. The zero-order chi connectivity index (χ0) is 10.2. The Kier molecular flexibility index (Phi) is 3.31. The number of hydrogen-bond acceptors (Lipinski definition) is 5. The molecule has 1 aromatic rings. The normalized spacial score (nSPS) is 16.7. The van der Waals surface area contributed by atoms with Gasteiger partial charge in [0.1, 0.15) is 11.4 Å². The number of amides is 1. The second-order valence-electron chi connectivity index (χ2n) is 3.64. The first-order valence-corrected chi connectivity index (χ1v) is 4.47. The van der Waals surface area contributed by atoms with Gasteiger partial charge in [-0.2, -0.15) is 0 Å². The van der Waals surface area contributed by atoms with Gasteiger partial charge in [0.2, 0.25) is 5.91 Å². The van der Waals surface area contributed by atoms with Crippen LogP contribution in [0, 0.1) is 6.92 Å². The van der Waals surface area contributed by atoms with Crippen LogP contribution in [-0.2, 0) is 11.3 Å². The van der Waals surface area contributed by atoms with Gasteiger partial charge >= 0.3 is 0 Å². The fourth-order valence-electron chi connectivity index (χ4n) is 1.11. The van der Waals surface area contributed by atoms with E-state index in [9.17, 15) is 4.79 Å². The van der Waals surface area contributed by atoms with Gasteiger partial charge in [-0.15, -0.1) is 12.4 Å². The number of carbonyl (C=O) groups excluding carboxylic acids is 1. The van der Waals surface area contributed by atoms with Crippen LogP contribution in [0.25, 0.3) is 0 Å². The molecule has 7 heteroatoms. The fourth-order valence-corrected chi connectivity index (χ4v) is 1.11. The summed E-state index contributed by atoms with van der Waals surface area (Å²) >= 11 is 0. The first-order chi connectivity index (χ1) is 6.62. The lowest BCUT2D eigenvalue weighted by atomic mass is 10.2. The Labute approximate surface area is 93.0 Å². The summed E-state index contributed by atoms with van der Waals surface area (Å²) in [5.41, 5.74) is 6.39. The zero-order valence-corrected chi connectivity index (χ0v) is 9.13. The van der Waals surface area contributed by atoms with Crippen molar-refractivity contribution >= 4 is 18.3 Å². The summed E-state index contributed by atoms with van der Waals surface area (Å²) in [4.78, 5) is 11.4. The van der Waals surface area contributed by atoms with E-state index in [-0.39, 0.29) is 18.3 Å². The number of nitrogens with two attached hydrogens (primary N) is 1. The summed E-state index contributed by atoms with van der Waals surface area (Å²) in [5, 5.41) is 9.95. The largest absolute Gasteiger partial charge is 0.349 e. The van der Waals surface area contributed by atoms with E-state index in [1.54, 1.807) is 6.92 Å². The van der Waals surface area contributed by atoms with Gasteiger partial charge in [-0.3, -0.25) is 4.79 Å². The SMILES string of the molecule is Cc1nonc1CNC(=O)C1(N)CC1.Cl. The number of aromatic nitrogens is 2. The monoisotopic (exact) mass is 232 g/mol. The second-order valence-corrected chi connectivity index (χ2v) is 3.64. The molecule has 0 aliphatic heterocycles. The molecule has 1 aliphatic rings. The highest BCUT2D eigenvalue weighted by atomic mass is 35.5. The summed E-state index contributed by atoms with van der Waals surface area (Å²) in [6, 6.07) is 0. The molecule has 15 heavy (non-hydrogen) atoms. The highest BCUT2D eigenvalue weighted by Crippen LogP contribution is 2.32. The third kappa shape index (κ3) is 2.45. The molecular weight excluding hydrogens is 220 g/mol. The highest BCUT2D eigenvalue weighted by Gasteiger charge is 2.45. The van der Waals surface area contributed by atoms with Gasteiger partial charge in [0.05, 0.1) is 12.1 Å². The number of halogens is 1. The third-order valence-corrected chi connectivity index (χ3v) is 2.40. The zero-order valence-electron chi connectivity index (χ0n) is 8.32. The molecule has 84 valence electrons. The lowest BCUT2D eigenvalue weighted by Gasteiger charge is -2.07. The second kappa shape index (κ2) is 4.16. The molecule has 3 N–H and O–H groups in total. The Hall–Kier alpha value is -1.14. The Bertz CT molecular complexity index is 361. The van der Waals surface area contributed by atoms with Gasteiger partial charge in [-0.05, 0) is 19.8 Å². The lowest BCUT2D eigenvalue weighted by molar-refractivity contribution is -0.123. The summed E-state index contributed by atoms with van der Waals surface area (Å²) in [5.74, 6) is -0.125. The number of carbonyl (C=O) groups is 1. The van der Waals surface area contributed by atoms with Crippen molar-refractivity contribution in [3.05, 3.63) is 11.4 Å². The number of nitrogens with zero attached hydrogens (tertiary/aromatic N) is 2. The highest BCUT2D eigenvalue weighted by molar-refractivity contribution is 5.88. The molecule has 0 aromatic carbocycles. The smallest absolute Gasteiger partial charge is 0.240 e. The summed E-state index contributed by atoms with van der Waals surface area (Å²) in [7, 11) is 0. The molecule has 6 nitrogen and oxygen atoms in total. The number of hydrogen-bond donors (Lipinski definition) is 2. The van der Waals surface area contributed by atoms with Gasteiger partial charge in [0.15, 0.2) is 0 Å².